The van der Waals surface area contributed by atoms with E-state index in [0.717, 1.165) is 19.3 Å². The summed E-state index contributed by atoms with van der Waals surface area (Å²) in [6.45, 7) is 6.22. The van der Waals surface area contributed by atoms with Crippen molar-refractivity contribution in [3.63, 3.8) is 0 Å². The summed E-state index contributed by atoms with van der Waals surface area (Å²) in [5.41, 5.74) is 1.86. The molecule has 12 heteroatoms. The lowest BCUT2D eigenvalue weighted by atomic mass is 9.58. The predicted molar refractivity (Wildman–Crippen MR) is 181 cm³/mol. The number of hydrogen-bond donors (Lipinski definition) is 1. The van der Waals surface area contributed by atoms with E-state index in [1.807, 2.05) is 55.5 Å². The van der Waals surface area contributed by atoms with Gasteiger partial charge in [-0.15, -0.1) is 0 Å². The van der Waals surface area contributed by atoms with Gasteiger partial charge >= 0.3 is 5.97 Å². The Morgan fingerprint density at radius 2 is 1.88 bits per heavy atom. The Bertz CT molecular complexity index is 1900. The first-order valence-electron chi connectivity index (χ1n) is 17.2. The van der Waals surface area contributed by atoms with Crippen LogP contribution < -0.4 is 5.32 Å². The van der Waals surface area contributed by atoms with Crippen LogP contribution in [0.15, 0.2) is 73.1 Å². The van der Waals surface area contributed by atoms with Crippen molar-refractivity contribution >= 4 is 40.0 Å². The molecule has 5 fully saturated rings. The SMILES string of the molecule is C[C@@H]1CC[C@H]2[C@@H](C)C(O[C@@H](C(=O)OCc3ccc4ncnc(Nc5ccc(F)c(Cl)c5)c4c3)c3ccccc3)O[C@@H]3O[C@@]4(C)CC[C@@H]1[C@]32OO4. The number of benzene rings is 3. The van der Waals surface area contributed by atoms with Gasteiger partial charge in [-0.3, -0.25) is 0 Å². The molecule has 1 spiro atoms. The number of rotatable bonds is 8. The zero-order chi connectivity index (χ0) is 34.6. The van der Waals surface area contributed by atoms with Gasteiger partial charge in [0.15, 0.2) is 24.3 Å². The van der Waals surface area contributed by atoms with Crippen LogP contribution in [0.5, 0.6) is 0 Å². The highest BCUT2D eigenvalue weighted by Gasteiger charge is 2.69. The van der Waals surface area contributed by atoms with Crippen molar-refractivity contribution in [3.8, 4) is 0 Å². The summed E-state index contributed by atoms with van der Waals surface area (Å²) < 4.78 is 39.4. The number of hydrogen-bond acceptors (Lipinski definition) is 10. The normalized spacial score (nSPS) is 32.2. The number of anilines is 2. The van der Waals surface area contributed by atoms with E-state index in [1.54, 1.807) is 6.07 Å². The van der Waals surface area contributed by atoms with Gasteiger partial charge in [0.25, 0.3) is 0 Å². The molecule has 1 aliphatic carbocycles. The van der Waals surface area contributed by atoms with Gasteiger partial charge in [-0.2, -0.15) is 0 Å². The quantitative estimate of drug-likeness (QED) is 0.143. The van der Waals surface area contributed by atoms with Crippen LogP contribution in [-0.2, 0) is 40.1 Å². The molecule has 1 unspecified atom stereocenters. The van der Waals surface area contributed by atoms with Gasteiger partial charge in [-0.25, -0.2) is 28.9 Å². The summed E-state index contributed by atoms with van der Waals surface area (Å²) in [5.74, 6) is -0.946. The van der Waals surface area contributed by atoms with Crippen molar-refractivity contribution in [1.29, 1.82) is 0 Å². The van der Waals surface area contributed by atoms with Crippen molar-refractivity contribution in [2.45, 2.75) is 83.1 Å². The minimum Gasteiger partial charge on any atom is -0.459 e. The third-order valence-electron chi connectivity index (χ3n) is 10.9. The first kappa shape index (κ1) is 33.4. The lowest BCUT2D eigenvalue weighted by Gasteiger charge is -2.60. The van der Waals surface area contributed by atoms with Gasteiger partial charge in [-0.05, 0) is 79.5 Å². The molecule has 0 radical (unpaired) electrons. The van der Waals surface area contributed by atoms with Crippen molar-refractivity contribution in [3.05, 3.63) is 95.0 Å². The minimum absolute atomic E-state index is 0.00755. The summed E-state index contributed by atoms with van der Waals surface area (Å²) in [7, 11) is 0. The number of aromatic nitrogens is 2. The van der Waals surface area contributed by atoms with E-state index in [-0.39, 0.29) is 29.4 Å². The molecule has 4 aliphatic heterocycles. The lowest BCUT2D eigenvalue weighted by molar-refractivity contribution is -0.578. The number of nitrogens with one attached hydrogen (secondary N) is 1. The molecule has 9 atom stereocenters. The first-order chi connectivity index (χ1) is 24.1. The van der Waals surface area contributed by atoms with E-state index < -0.39 is 41.9 Å². The Balaban J connectivity index is 1.03. The molecule has 262 valence electrons. The van der Waals surface area contributed by atoms with Crippen molar-refractivity contribution < 1.29 is 37.9 Å². The standard InChI is InChI=1S/C38H39ClFN3O7/c1-21-9-12-28-22(2)35(47-36-38(28)27(21)15-16-37(3,48-36)49-50-38)46-32(24-7-5-4-6-8-24)34(44)45-19-23-10-14-31-26(17-23)33(42-20-41-31)43-25-11-13-30(40)29(39)18-25/h4-8,10-11,13-14,17-18,20-22,27-28,32,35-36H,9,12,15-16,19H2,1-3H3,(H,41,42,43)/t21-,22-,27+,28+,32-,35?,36-,37-,38-/m1/s1. The number of carbonyl (C=O) groups is 1. The van der Waals surface area contributed by atoms with Gasteiger partial charge in [-0.1, -0.05) is 61.8 Å². The third kappa shape index (κ3) is 5.93. The van der Waals surface area contributed by atoms with Crippen LogP contribution in [0.25, 0.3) is 10.9 Å². The molecule has 3 aromatic carbocycles. The molecule has 2 bridgehead atoms. The molecular weight excluding hydrogens is 665 g/mol. The van der Waals surface area contributed by atoms with E-state index >= 15 is 0 Å². The van der Waals surface area contributed by atoms with Crippen LogP contribution in [0.3, 0.4) is 0 Å². The molecule has 5 aliphatic rings. The summed E-state index contributed by atoms with van der Waals surface area (Å²) in [6, 6.07) is 19.1. The number of halogens is 2. The van der Waals surface area contributed by atoms with Crippen molar-refractivity contribution in [2.24, 2.45) is 23.7 Å². The number of ether oxygens (including phenoxy) is 4. The van der Waals surface area contributed by atoms with Crippen LogP contribution in [0, 0.1) is 29.5 Å². The minimum atomic E-state index is -1.06. The summed E-state index contributed by atoms with van der Waals surface area (Å²) in [5, 5.41) is 3.86. The van der Waals surface area contributed by atoms with Crippen LogP contribution in [0.1, 0.15) is 63.7 Å². The van der Waals surface area contributed by atoms with E-state index in [1.165, 1.54) is 18.5 Å². The maximum Gasteiger partial charge on any atom is 0.340 e. The highest BCUT2D eigenvalue weighted by molar-refractivity contribution is 6.31. The van der Waals surface area contributed by atoms with Crippen LogP contribution >= 0.6 is 11.6 Å². The molecule has 1 aromatic heterocycles. The van der Waals surface area contributed by atoms with Crippen molar-refractivity contribution in [1.82, 2.24) is 9.97 Å². The number of nitrogens with zero attached hydrogens (tertiary/aromatic N) is 2. The van der Waals surface area contributed by atoms with Crippen LogP contribution in [-0.4, -0.2) is 39.9 Å². The summed E-state index contributed by atoms with van der Waals surface area (Å²) in [4.78, 5) is 34.9. The molecule has 5 heterocycles. The van der Waals surface area contributed by atoms with Gasteiger partial charge in [0.05, 0.1) is 10.5 Å². The fourth-order valence-corrected chi connectivity index (χ4v) is 8.47. The Morgan fingerprint density at radius 1 is 1.04 bits per heavy atom. The van der Waals surface area contributed by atoms with E-state index in [0.29, 0.717) is 45.9 Å². The average Bonchev–Trinajstić information content (AvgIpc) is 3.35. The maximum atomic E-state index is 13.9. The molecule has 1 N–H and O–H groups in total. The van der Waals surface area contributed by atoms with Crippen molar-refractivity contribution in [2.75, 3.05) is 5.32 Å². The fourth-order valence-electron chi connectivity index (χ4n) is 8.29. The molecule has 50 heavy (non-hydrogen) atoms. The van der Waals surface area contributed by atoms with Gasteiger partial charge < -0.3 is 24.3 Å². The summed E-state index contributed by atoms with van der Waals surface area (Å²) >= 11 is 5.99. The van der Waals surface area contributed by atoms with Crippen LogP contribution in [0.4, 0.5) is 15.9 Å². The molecule has 4 aromatic rings. The Hall–Kier alpha value is -3.71. The molecule has 10 nitrogen and oxygen atoms in total. The van der Waals surface area contributed by atoms with Crippen LogP contribution in [0.2, 0.25) is 5.02 Å². The topological polar surface area (TPSA) is 110 Å². The number of fused-ring (bicyclic) bond motifs is 3. The molecule has 4 saturated heterocycles. The first-order valence-corrected chi connectivity index (χ1v) is 17.5. The highest BCUT2D eigenvalue weighted by Crippen LogP contribution is 2.60. The molecule has 9 rings (SSSR count). The van der Waals surface area contributed by atoms with E-state index in [9.17, 15) is 9.18 Å². The Labute approximate surface area is 294 Å². The fraction of sp³-hybridized carbons (Fsp3) is 0.447. The average molecular weight is 704 g/mol. The van der Waals surface area contributed by atoms with E-state index in [2.05, 4.69) is 29.1 Å². The zero-order valence-corrected chi connectivity index (χ0v) is 28.8. The predicted octanol–water partition coefficient (Wildman–Crippen LogP) is 8.18. The number of carbonyl (C=O) groups excluding carboxylic acids is 1. The molecule has 0 amide bonds. The second kappa shape index (κ2) is 13.1. The smallest absolute Gasteiger partial charge is 0.340 e. The lowest BCUT2D eigenvalue weighted by Crippen LogP contribution is -2.70. The Kier molecular flexibility index (Phi) is 8.77. The zero-order valence-electron chi connectivity index (χ0n) is 28.0. The molecular formula is C38H39ClFN3O7. The second-order valence-electron chi connectivity index (χ2n) is 14.1. The monoisotopic (exact) mass is 703 g/mol. The number of esters is 1. The van der Waals surface area contributed by atoms with E-state index in [4.69, 9.17) is 40.3 Å². The molecule has 1 saturated carbocycles. The third-order valence-corrected chi connectivity index (χ3v) is 11.2. The van der Waals surface area contributed by atoms with Gasteiger partial charge in [0.2, 0.25) is 5.79 Å². The maximum absolute atomic E-state index is 13.9. The largest absolute Gasteiger partial charge is 0.459 e. The Morgan fingerprint density at radius 3 is 2.70 bits per heavy atom. The van der Waals surface area contributed by atoms with Gasteiger partial charge in [0.1, 0.15) is 24.6 Å². The summed E-state index contributed by atoms with van der Waals surface area (Å²) in [6.07, 6.45) is 2.49. The second-order valence-corrected chi connectivity index (χ2v) is 14.5. The van der Waals surface area contributed by atoms with Gasteiger partial charge in [0, 0.05) is 29.3 Å². The highest BCUT2D eigenvalue weighted by atomic mass is 35.5.